The Bertz CT molecular complexity index is 1190. The molecule has 1 N–H and O–H groups in total. The molecule has 4 rings (SSSR count). The molecule has 1 aromatic heterocycles. The molecule has 198 valence electrons. The van der Waals surface area contributed by atoms with E-state index in [0.29, 0.717) is 45.5 Å². The van der Waals surface area contributed by atoms with Crippen molar-refractivity contribution in [1.29, 1.82) is 0 Å². The molecule has 1 saturated heterocycles. The number of nitrogens with zero attached hydrogens (tertiary/aromatic N) is 3. The summed E-state index contributed by atoms with van der Waals surface area (Å²) in [7, 11) is 0. The fraction of sp³-hybridized carbons (Fsp3) is 0.448. The summed E-state index contributed by atoms with van der Waals surface area (Å²) in [6.07, 6.45) is 5.41. The standard InChI is InChI=1S/C29H36Cl2N4O2/c1-4-8-21-15-17-34(18-16-21)28(36)27-24(19-32-20(3)5-2)29(37-23-13-11-22(30)12-14-23)35(33-27)26-10-7-6-9-25(26)31/h6-7,9-14,20-21,32H,4-5,8,15-19H2,1-3H3. The molecule has 37 heavy (non-hydrogen) atoms. The molecule has 0 aliphatic carbocycles. The number of rotatable bonds is 10. The van der Waals surface area contributed by atoms with Crippen LogP contribution in [0.1, 0.15) is 68.9 Å². The summed E-state index contributed by atoms with van der Waals surface area (Å²) in [5.41, 5.74) is 1.77. The second-order valence-corrected chi connectivity index (χ2v) is 10.6. The summed E-state index contributed by atoms with van der Waals surface area (Å²) >= 11 is 12.7. The molecular formula is C29H36Cl2N4O2. The second kappa shape index (κ2) is 12.8. The molecule has 0 radical (unpaired) electrons. The molecule has 1 aliphatic rings. The zero-order chi connectivity index (χ0) is 26.4. The van der Waals surface area contributed by atoms with Crippen molar-refractivity contribution in [3.8, 4) is 17.3 Å². The van der Waals surface area contributed by atoms with E-state index >= 15 is 0 Å². The van der Waals surface area contributed by atoms with Gasteiger partial charge in [0.2, 0.25) is 5.88 Å². The number of carbonyl (C=O) groups is 1. The third-order valence-corrected chi connectivity index (χ3v) is 7.66. The van der Waals surface area contributed by atoms with E-state index < -0.39 is 0 Å². The molecule has 8 heteroatoms. The van der Waals surface area contributed by atoms with E-state index in [9.17, 15) is 4.79 Å². The molecule has 1 atom stereocenters. The van der Waals surface area contributed by atoms with Gasteiger partial charge in [-0.3, -0.25) is 4.79 Å². The van der Waals surface area contributed by atoms with Gasteiger partial charge in [0, 0.05) is 30.7 Å². The molecule has 1 aliphatic heterocycles. The van der Waals surface area contributed by atoms with Crippen molar-refractivity contribution >= 4 is 29.1 Å². The van der Waals surface area contributed by atoms with E-state index in [0.717, 1.165) is 37.9 Å². The first-order valence-electron chi connectivity index (χ1n) is 13.2. The number of benzene rings is 2. The van der Waals surface area contributed by atoms with Crippen molar-refractivity contribution in [2.45, 2.75) is 65.5 Å². The number of ether oxygens (including phenoxy) is 1. The van der Waals surface area contributed by atoms with Gasteiger partial charge in [-0.25, -0.2) is 0 Å². The first kappa shape index (κ1) is 27.5. The molecule has 3 aromatic rings. The van der Waals surface area contributed by atoms with E-state index in [2.05, 4.69) is 26.1 Å². The molecule has 0 bridgehead atoms. The quantitative estimate of drug-likeness (QED) is 0.288. The van der Waals surface area contributed by atoms with Gasteiger partial charge in [0.05, 0.1) is 16.3 Å². The van der Waals surface area contributed by atoms with Crippen molar-refractivity contribution in [1.82, 2.24) is 20.0 Å². The van der Waals surface area contributed by atoms with Gasteiger partial charge in [0.1, 0.15) is 5.75 Å². The number of hydrogen-bond acceptors (Lipinski definition) is 4. The third-order valence-electron chi connectivity index (χ3n) is 7.09. The number of piperidine rings is 1. The summed E-state index contributed by atoms with van der Waals surface area (Å²) in [5.74, 6) is 1.69. The van der Waals surface area contributed by atoms with Crippen LogP contribution in [-0.2, 0) is 6.54 Å². The predicted octanol–water partition coefficient (Wildman–Crippen LogP) is 7.51. The number of halogens is 2. The van der Waals surface area contributed by atoms with E-state index in [1.807, 2.05) is 29.2 Å². The third kappa shape index (κ3) is 6.67. The largest absolute Gasteiger partial charge is 0.439 e. The number of amides is 1. The van der Waals surface area contributed by atoms with E-state index in [1.165, 1.54) is 12.8 Å². The molecule has 1 unspecified atom stereocenters. The lowest BCUT2D eigenvalue weighted by Crippen LogP contribution is -2.39. The van der Waals surface area contributed by atoms with Gasteiger partial charge in [-0.15, -0.1) is 0 Å². The van der Waals surface area contributed by atoms with Crippen molar-refractivity contribution < 1.29 is 9.53 Å². The smallest absolute Gasteiger partial charge is 0.274 e. The highest BCUT2D eigenvalue weighted by Crippen LogP contribution is 2.35. The number of carbonyl (C=O) groups excluding carboxylic acids is 1. The van der Waals surface area contributed by atoms with Crippen LogP contribution < -0.4 is 10.1 Å². The molecule has 0 spiro atoms. The van der Waals surface area contributed by atoms with Crippen LogP contribution in [0.4, 0.5) is 0 Å². The summed E-state index contributed by atoms with van der Waals surface area (Å²) in [4.78, 5) is 15.8. The van der Waals surface area contributed by atoms with Crippen LogP contribution in [0.5, 0.6) is 11.6 Å². The summed E-state index contributed by atoms with van der Waals surface area (Å²) in [6.45, 7) is 8.40. The maximum atomic E-state index is 13.9. The van der Waals surface area contributed by atoms with Crippen LogP contribution in [0.3, 0.4) is 0 Å². The minimum absolute atomic E-state index is 0.0670. The molecule has 2 aromatic carbocycles. The molecule has 1 amide bonds. The van der Waals surface area contributed by atoms with Crippen molar-refractivity contribution in [2.75, 3.05) is 13.1 Å². The van der Waals surface area contributed by atoms with E-state index in [1.54, 1.807) is 28.9 Å². The van der Waals surface area contributed by atoms with Gasteiger partial charge in [-0.2, -0.15) is 9.78 Å². The number of likely N-dealkylation sites (tertiary alicyclic amines) is 1. The van der Waals surface area contributed by atoms with E-state index in [-0.39, 0.29) is 11.9 Å². The topological polar surface area (TPSA) is 59.4 Å². The van der Waals surface area contributed by atoms with Crippen molar-refractivity contribution in [3.05, 3.63) is 69.8 Å². The minimum atomic E-state index is -0.0670. The monoisotopic (exact) mass is 542 g/mol. The maximum absolute atomic E-state index is 13.9. The Morgan fingerprint density at radius 3 is 2.46 bits per heavy atom. The van der Waals surface area contributed by atoms with Gasteiger partial charge in [0.15, 0.2) is 5.69 Å². The molecule has 6 nitrogen and oxygen atoms in total. The fourth-order valence-electron chi connectivity index (χ4n) is 4.68. The highest BCUT2D eigenvalue weighted by Gasteiger charge is 2.31. The average Bonchev–Trinajstić information content (AvgIpc) is 3.26. The first-order chi connectivity index (χ1) is 17.9. The molecule has 2 heterocycles. The van der Waals surface area contributed by atoms with Crippen LogP contribution in [0.25, 0.3) is 5.69 Å². The number of hydrogen-bond donors (Lipinski definition) is 1. The van der Waals surface area contributed by atoms with E-state index in [4.69, 9.17) is 33.0 Å². The molecular weight excluding hydrogens is 507 g/mol. The van der Waals surface area contributed by atoms with Crippen LogP contribution >= 0.6 is 23.2 Å². The zero-order valence-corrected chi connectivity index (χ0v) is 23.4. The Morgan fingerprint density at radius 1 is 1.11 bits per heavy atom. The van der Waals surface area contributed by atoms with Crippen LogP contribution in [0, 0.1) is 5.92 Å². The lowest BCUT2D eigenvalue weighted by Gasteiger charge is -2.31. The average molecular weight is 544 g/mol. The Hall–Kier alpha value is -2.54. The van der Waals surface area contributed by atoms with Crippen LogP contribution in [0.15, 0.2) is 48.5 Å². The number of nitrogens with one attached hydrogen (secondary N) is 1. The van der Waals surface area contributed by atoms with Gasteiger partial charge < -0.3 is 15.0 Å². The SMILES string of the molecule is CCCC1CCN(C(=O)c2nn(-c3ccccc3Cl)c(Oc3ccc(Cl)cc3)c2CNC(C)CC)CC1. The zero-order valence-electron chi connectivity index (χ0n) is 21.8. The summed E-state index contributed by atoms with van der Waals surface area (Å²) in [6, 6.07) is 14.9. The van der Waals surface area contributed by atoms with Crippen molar-refractivity contribution in [2.24, 2.45) is 5.92 Å². The Kier molecular flexibility index (Phi) is 9.52. The number of para-hydroxylation sites is 1. The second-order valence-electron chi connectivity index (χ2n) is 9.77. The summed E-state index contributed by atoms with van der Waals surface area (Å²) < 4.78 is 8.07. The Labute approximate surface area is 229 Å². The van der Waals surface area contributed by atoms with Gasteiger partial charge in [-0.1, -0.05) is 62.0 Å². The highest BCUT2D eigenvalue weighted by molar-refractivity contribution is 6.32. The normalized spacial score (nSPS) is 15.1. The van der Waals surface area contributed by atoms with Crippen LogP contribution in [-0.4, -0.2) is 39.7 Å². The predicted molar refractivity (Wildman–Crippen MR) is 150 cm³/mol. The number of aromatic nitrogens is 2. The minimum Gasteiger partial charge on any atom is -0.439 e. The highest BCUT2D eigenvalue weighted by atomic mass is 35.5. The fourth-order valence-corrected chi connectivity index (χ4v) is 5.02. The van der Waals surface area contributed by atoms with Crippen LogP contribution in [0.2, 0.25) is 10.0 Å². The Balaban J connectivity index is 1.77. The summed E-state index contributed by atoms with van der Waals surface area (Å²) in [5, 5.41) is 9.50. The van der Waals surface area contributed by atoms with Crippen molar-refractivity contribution in [3.63, 3.8) is 0 Å². The molecule has 0 saturated carbocycles. The Morgan fingerprint density at radius 2 is 1.81 bits per heavy atom. The maximum Gasteiger partial charge on any atom is 0.274 e. The molecule has 1 fully saturated rings. The van der Waals surface area contributed by atoms with Gasteiger partial charge in [0.25, 0.3) is 5.91 Å². The van der Waals surface area contributed by atoms with Gasteiger partial charge in [-0.05, 0) is 68.5 Å². The van der Waals surface area contributed by atoms with Gasteiger partial charge >= 0.3 is 0 Å². The lowest BCUT2D eigenvalue weighted by atomic mass is 9.92. The lowest BCUT2D eigenvalue weighted by molar-refractivity contribution is 0.0678. The first-order valence-corrected chi connectivity index (χ1v) is 14.0.